The van der Waals surface area contributed by atoms with E-state index in [0.717, 1.165) is 33.2 Å². The van der Waals surface area contributed by atoms with Crippen molar-refractivity contribution in [1.82, 2.24) is 24.5 Å². The molecule has 0 bridgehead atoms. The fourth-order valence-corrected chi connectivity index (χ4v) is 5.39. The van der Waals surface area contributed by atoms with Crippen LogP contribution in [0.2, 0.25) is 0 Å². The van der Waals surface area contributed by atoms with E-state index in [1.54, 1.807) is 0 Å². The average Bonchev–Trinajstić information content (AvgIpc) is 3.55. The van der Waals surface area contributed by atoms with Crippen LogP contribution in [0.4, 0.5) is 5.95 Å². The normalized spacial score (nSPS) is 16.4. The Morgan fingerprint density at radius 3 is 2.62 bits per heavy atom. The Morgan fingerprint density at radius 2 is 1.82 bits per heavy atom. The van der Waals surface area contributed by atoms with Gasteiger partial charge in [-0.25, -0.2) is 9.38 Å². The summed E-state index contributed by atoms with van der Waals surface area (Å²) in [4.78, 5) is 23.1. The molecule has 1 aliphatic heterocycles. The summed E-state index contributed by atoms with van der Waals surface area (Å²) in [5.41, 5.74) is 2.89. The van der Waals surface area contributed by atoms with Crippen LogP contribution in [0.1, 0.15) is 28.0 Å². The maximum absolute atomic E-state index is 13.0. The van der Waals surface area contributed by atoms with Crippen molar-refractivity contribution in [2.24, 2.45) is 0 Å². The third kappa shape index (κ3) is 3.60. The standard InChI is InChI=1S/C26H24N6OS/c1-18-17-30(13-14-31(18)25(33)22-12-7-15-34-22)26-27-21-11-6-5-10-20(21)24-29-28-23(32(24)26)16-19-8-3-2-4-9-19/h2-12,15,18H,13-14,16-17H2,1H3/t18-/m1/s1. The van der Waals surface area contributed by atoms with E-state index in [9.17, 15) is 4.79 Å². The lowest BCUT2D eigenvalue weighted by atomic mass is 10.1. The van der Waals surface area contributed by atoms with Gasteiger partial charge in [0, 0.05) is 37.5 Å². The number of fused-ring (bicyclic) bond motifs is 3. The summed E-state index contributed by atoms with van der Waals surface area (Å²) in [5, 5.41) is 12.1. The van der Waals surface area contributed by atoms with E-state index in [4.69, 9.17) is 4.98 Å². The van der Waals surface area contributed by atoms with Crippen LogP contribution < -0.4 is 4.90 Å². The quantitative estimate of drug-likeness (QED) is 0.394. The van der Waals surface area contributed by atoms with Gasteiger partial charge in [0.15, 0.2) is 5.65 Å². The van der Waals surface area contributed by atoms with E-state index >= 15 is 0 Å². The number of para-hydroxylation sites is 1. The highest BCUT2D eigenvalue weighted by Crippen LogP contribution is 2.27. The maximum Gasteiger partial charge on any atom is 0.264 e. The molecule has 0 unspecified atom stereocenters. The zero-order chi connectivity index (χ0) is 23.1. The molecule has 2 aromatic carbocycles. The summed E-state index contributed by atoms with van der Waals surface area (Å²) in [6, 6.07) is 22.2. The minimum atomic E-state index is 0.0562. The number of hydrogen-bond acceptors (Lipinski definition) is 6. The number of aromatic nitrogens is 4. The number of carbonyl (C=O) groups is 1. The first kappa shape index (κ1) is 20.8. The molecule has 34 heavy (non-hydrogen) atoms. The molecule has 3 aromatic heterocycles. The Morgan fingerprint density at radius 1 is 1.00 bits per heavy atom. The number of benzene rings is 2. The van der Waals surface area contributed by atoms with Crippen LogP contribution in [-0.2, 0) is 6.42 Å². The third-order valence-electron chi connectivity index (χ3n) is 6.40. The summed E-state index contributed by atoms with van der Waals surface area (Å²) >= 11 is 1.49. The van der Waals surface area contributed by atoms with Gasteiger partial charge in [-0.1, -0.05) is 48.5 Å². The molecule has 1 fully saturated rings. The van der Waals surface area contributed by atoms with E-state index in [0.29, 0.717) is 26.1 Å². The Kier molecular flexibility index (Phi) is 5.22. The molecule has 7 nitrogen and oxygen atoms in total. The summed E-state index contributed by atoms with van der Waals surface area (Å²) < 4.78 is 2.10. The van der Waals surface area contributed by atoms with Crippen LogP contribution in [0.25, 0.3) is 16.6 Å². The highest BCUT2D eigenvalue weighted by molar-refractivity contribution is 7.12. The largest absolute Gasteiger partial charge is 0.338 e. The van der Waals surface area contributed by atoms with Crippen LogP contribution in [-0.4, -0.2) is 56.1 Å². The number of nitrogens with zero attached hydrogens (tertiary/aromatic N) is 6. The van der Waals surface area contributed by atoms with Crippen molar-refractivity contribution in [3.8, 4) is 0 Å². The molecule has 1 atom stereocenters. The van der Waals surface area contributed by atoms with E-state index in [1.165, 1.54) is 16.9 Å². The van der Waals surface area contributed by atoms with Crippen molar-refractivity contribution in [1.29, 1.82) is 0 Å². The molecule has 0 spiro atoms. The zero-order valence-electron chi connectivity index (χ0n) is 18.8. The average molecular weight is 469 g/mol. The zero-order valence-corrected chi connectivity index (χ0v) is 19.7. The lowest BCUT2D eigenvalue weighted by Gasteiger charge is -2.40. The predicted octanol–water partition coefficient (Wildman–Crippen LogP) is 4.28. The molecule has 1 amide bonds. The van der Waals surface area contributed by atoms with Crippen molar-refractivity contribution in [3.05, 3.63) is 88.4 Å². The lowest BCUT2D eigenvalue weighted by molar-refractivity contribution is 0.0678. The van der Waals surface area contributed by atoms with Gasteiger partial charge in [-0.15, -0.1) is 21.5 Å². The molecule has 0 aliphatic carbocycles. The molecule has 170 valence electrons. The number of hydrogen-bond donors (Lipinski definition) is 0. The molecule has 5 aromatic rings. The first-order chi connectivity index (χ1) is 16.7. The van der Waals surface area contributed by atoms with Gasteiger partial charge in [0.25, 0.3) is 5.91 Å². The molecule has 1 saturated heterocycles. The smallest absolute Gasteiger partial charge is 0.264 e. The second kappa shape index (κ2) is 8.53. The van der Waals surface area contributed by atoms with E-state index in [2.05, 4.69) is 38.6 Å². The van der Waals surface area contributed by atoms with Gasteiger partial charge in [0.05, 0.1) is 10.4 Å². The summed E-state index contributed by atoms with van der Waals surface area (Å²) in [6.07, 6.45) is 0.668. The molecular formula is C26H24N6OS. The van der Waals surface area contributed by atoms with Crippen molar-refractivity contribution in [2.75, 3.05) is 24.5 Å². The lowest BCUT2D eigenvalue weighted by Crippen LogP contribution is -2.54. The third-order valence-corrected chi connectivity index (χ3v) is 7.26. The molecule has 0 saturated carbocycles. The van der Waals surface area contributed by atoms with Crippen molar-refractivity contribution in [2.45, 2.75) is 19.4 Å². The number of carbonyl (C=O) groups excluding carboxylic acids is 1. The van der Waals surface area contributed by atoms with Gasteiger partial charge in [0.1, 0.15) is 5.82 Å². The molecule has 4 heterocycles. The van der Waals surface area contributed by atoms with Crippen molar-refractivity contribution >= 4 is 39.7 Å². The topological polar surface area (TPSA) is 66.6 Å². The van der Waals surface area contributed by atoms with Crippen LogP contribution >= 0.6 is 11.3 Å². The molecule has 0 radical (unpaired) electrons. The molecule has 0 N–H and O–H groups in total. The first-order valence-electron chi connectivity index (χ1n) is 11.4. The second-order valence-corrected chi connectivity index (χ2v) is 9.59. The monoisotopic (exact) mass is 468 g/mol. The van der Waals surface area contributed by atoms with E-state index in [1.807, 2.05) is 64.9 Å². The predicted molar refractivity (Wildman–Crippen MR) is 135 cm³/mol. The number of anilines is 1. The van der Waals surface area contributed by atoms with Crippen LogP contribution in [0.3, 0.4) is 0 Å². The minimum Gasteiger partial charge on any atom is -0.338 e. The molecule has 6 rings (SSSR count). The fraction of sp³-hybridized carbons (Fsp3) is 0.231. The molecular weight excluding hydrogens is 444 g/mol. The van der Waals surface area contributed by atoms with Gasteiger partial charge in [-0.3, -0.25) is 4.79 Å². The minimum absolute atomic E-state index is 0.0562. The Hall–Kier alpha value is -3.78. The number of piperazine rings is 1. The highest BCUT2D eigenvalue weighted by atomic mass is 32.1. The highest BCUT2D eigenvalue weighted by Gasteiger charge is 2.31. The van der Waals surface area contributed by atoms with Crippen molar-refractivity contribution in [3.63, 3.8) is 0 Å². The Bertz CT molecular complexity index is 1460. The number of rotatable bonds is 4. The van der Waals surface area contributed by atoms with E-state index < -0.39 is 0 Å². The number of amides is 1. The van der Waals surface area contributed by atoms with E-state index in [-0.39, 0.29) is 11.9 Å². The van der Waals surface area contributed by atoms with Gasteiger partial charge < -0.3 is 9.80 Å². The van der Waals surface area contributed by atoms with Crippen molar-refractivity contribution < 1.29 is 4.79 Å². The van der Waals surface area contributed by atoms with Crippen LogP contribution in [0.5, 0.6) is 0 Å². The van der Waals surface area contributed by atoms with Crippen LogP contribution in [0.15, 0.2) is 72.1 Å². The molecule has 8 heteroatoms. The second-order valence-electron chi connectivity index (χ2n) is 8.64. The summed E-state index contributed by atoms with van der Waals surface area (Å²) in [5.74, 6) is 1.80. The van der Waals surface area contributed by atoms with Gasteiger partial charge in [-0.2, -0.15) is 0 Å². The van der Waals surface area contributed by atoms with Gasteiger partial charge in [-0.05, 0) is 36.1 Å². The van der Waals surface area contributed by atoms with Gasteiger partial charge >= 0.3 is 0 Å². The summed E-state index contributed by atoms with van der Waals surface area (Å²) in [7, 11) is 0. The molecule has 1 aliphatic rings. The number of thiophene rings is 1. The first-order valence-corrected chi connectivity index (χ1v) is 12.3. The van der Waals surface area contributed by atoms with Crippen LogP contribution in [0, 0.1) is 0 Å². The fourth-order valence-electron chi connectivity index (χ4n) is 4.71. The summed E-state index contributed by atoms with van der Waals surface area (Å²) in [6.45, 7) is 4.14. The van der Waals surface area contributed by atoms with Gasteiger partial charge in [0.2, 0.25) is 5.95 Å². The SMILES string of the molecule is C[C@@H]1CN(c2nc3ccccc3c3nnc(Cc4ccccc4)n23)CCN1C(=O)c1cccs1. The Balaban J connectivity index is 1.39. The Labute approximate surface area is 201 Å². The maximum atomic E-state index is 13.0.